The number of amides is 2. The number of rotatable bonds is 6. The first-order valence-corrected chi connectivity index (χ1v) is 10.2. The van der Waals surface area contributed by atoms with Crippen LogP contribution in [0.1, 0.15) is 33.9 Å². The molecule has 30 heavy (non-hydrogen) atoms. The molecule has 7 nitrogen and oxygen atoms in total. The van der Waals surface area contributed by atoms with E-state index in [0.29, 0.717) is 38.0 Å². The van der Waals surface area contributed by atoms with Crippen LogP contribution >= 0.6 is 11.3 Å². The van der Waals surface area contributed by atoms with Crippen LogP contribution in [-0.4, -0.2) is 28.1 Å². The van der Waals surface area contributed by atoms with Crippen LogP contribution in [0.2, 0.25) is 0 Å². The Hall–Kier alpha value is -3.65. The highest BCUT2D eigenvalue weighted by Crippen LogP contribution is 2.30. The van der Waals surface area contributed by atoms with Gasteiger partial charge < -0.3 is 15.4 Å². The summed E-state index contributed by atoms with van der Waals surface area (Å²) in [6.07, 6.45) is 0. The molecule has 2 heterocycles. The Morgan fingerprint density at radius 3 is 2.53 bits per heavy atom. The largest absolute Gasteiger partial charge is 0.457 e. The van der Waals surface area contributed by atoms with E-state index in [1.165, 1.54) is 11.3 Å². The van der Waals surface area contributed by atoms with Gasteiger partial charge in [-0.25, -0.2) is 0 Å². The number of carbonyl (C=O) groups excluding carboxylic acids is 2. The number of nitrogens with one attached hydrogen (secondary N) is 3. The fourth-order valence-electron chi connectivity index (χ4n) is 2.85. The van der Waals surface area contributed by atoms with E-state index in [1.54, 1.807) is 30.3 Å². The third-order valence-corrected chi connectivity index (χ3v) is 5.33. The molecule has 0 saturated heterocycles. The maximum atomic E-state index is 12.8. The molecule has 0 aliphatic carbocycles. The minimum Gasteiger partial charge on any atom is -0.457 e. The molecular formula is C22H20N4O3S. The first kappa shape index (κ1) is 19.7. The molecule has 8 heteroatoms. The van der Waals surface area contributed by atoms with Crippen LogP contribution in [-0.2, 0) is 0 Å². The van der Waals surface area contributed by atoms with Crippen molar-refractivity contribution >= 4 is 39.2 Å². The van der Waals surface area contributed by atoms with Gasteiger partial charge in [0.2, 0.25) is 0 Å². The van der Waals surface area contributed by atoms with Crippen LogP contribution < -0.4 is 15.4 Å². The predicted molar refractivity (Wildman–Crippen MR) is 117 cm³/mol. The van der Waals surface area contributed by atoms with Crippen molar-refractivity contribution in [1.82, 2.24) is 15.5 Å². The molecule has 152 valence electrons. The van der Waals surface area contributed by atoms with E-state index in [1.807, 2.05) is 44.2 Å². The number of aromatic amines is 1. The highest BCUT2D eigenvalue weighted by atomic mass is 32.1. The van der Waals surface area contributed by atoms with Crippen molar-refractivity contribution in [2.75, 3.05) is 5.32 Å². The van der Waals surface area contributed by atoms with Gasteiger partial charge in [-0.2, -0.15) is 5.10 Å². The van der Waals surface area contributed by atoms with Crippen LogP contribution in [0.25, 0.3) is 10.2 Å². The molecule has 3 N–H and O–H groups in total. The third-order valence-electron chi connectivity index (χ3n) is 4.19. The molecule has 2 aromatic heterocycles. The lowest BCUT2D eigenvalue weighted by molar-refractivity contribution is 0.0946. The van der Waals surface area contributed by atoms with E-state index in [4.69, 9.17) is 4.74 Å². The van der Waals surface area contributed by atoms with Crippen molar-refractivity contribution in [3.05, 3.63) is 71.1 Å². The van der Waals surface area contributed by atoms with Crippen molar-refractivity contribution in [3.63, 3.8) is 0 Å². The van der Waals surface area contributed by atoms with Crippen LogP contribution in [0.15, 0.2) is 60.7 Å². The number of anilines is 1. The second kappa shape index (κ2) is 8.38. The summed E-state index contributed by atoms with van der Waals surface area (Å²) in [5, 5.41) is 12.7. The van der Waals surface area contributed by atoms with E-state index in [2.05, 4.69) is 20.8 Å². The molecule has 0 bridgehead atoms. The molecule has 0 saturated carbocycles. The van der Waals surface area contributed by atoms with Crippen LogP contribution in [0.5, 0.6) is 11.5 Å². The minimum atomic E-state index is -0.316. The standard InChI is InChI=1S/C22H20N4O3S/c1-13(2)23-22(28)18-12-17-19(30-18)20(26-25-17)24-21(27)14-7-6-10-16(11-14)29-15-8-4-3-5-9-15/h3-13H,1-2H3,(H,23,28)(H2,24,25,26,27). The van der Waals surface area contributed by atoms with Crippen molar-refractivity contribution in [2.45, 2.75) is 19.9 Å². The van der Waals surface area contributed by atoms with Gasteiger partial charge in [-0.1, -0.05) is 24.3 Å². The van der Waals surface area contributed by atoms with Gasteiger partial charge in [0.05, 0.1) is 15.1 Å². The van der Waals surface area contributed by atoms with E-state index in [-0.39, 0.29) is 17.9 Å². The van der Waals surface area contributed by atoms with Crippen LogP contribution in [0.3, 0.4) is 0 Å². The van der Waals surface area contributed by atoms with Gasteiger partial charge in [-0.3, -0.25) is 14.7 Å². The SMILES string of the molecule is CC(C)NC(=O)c1cc2[nH]nc(NC(=O)c3cccc(Oc4ccccc4)c3)c2s1. The Bertz CT molecular complexity index is 1200. The van der Waals surface area contributed by atoms with Gasteiger partial charge in [-0.15, -0.1) is 11.3 Å². The molecule has 0 unspecified atom stereocenters. The number of benzene rings is 2. The van der Waals surface area contributed by atoms with Gasteiger partial charge in [0.1, 0.15) is 11.5 Å². The average molecular weight is 420 g/mol. The number of hydrogen-bond acceptors (Lipinski definition) is 5. The van der Waals surface area contributed by atoms with Gasteiger partial charge in [0.15, 0.2) is 5.82 Å². The van der Waals surface area contributed by atoms with Gasteiger partial charge >= 0.3 is 0 Å². The number of H-pyrrole nitrogens is 1. The molecular weight excluding hydrogens is 400 g/mol. The summed E-state index contributed by atoms with van der Waals surface area (Å²) in [5.74, 6) is 1.17. The van der Waals surface area contributed by atoms with Crippen LogP contribution in [0.4, 0.5) is 5.82 Å². The fourth-order valence-corrected chi connectivity index (χ4v) is 3.81. The molecule has 0 radical (unpaired) electrons. The van der Waals surface area contributed by atoms with Gasteiger partial charge in [0, 0.05) is 11.6 Å². The molecule has 0 aliphatic rings. The van der Waals surface area contributed by atoms with Crippen molar-refractivity contribution in [3.8, 4) is 11.5 Å². The summed E-state index contributed by atoms with van der Waals surface area (Å²) in [5.41, 5.74) is 1.14. The number of thiophene rings is 1. The Morgan fingerprint density at radius 1 is 1.00 bits per heavy atom. The Balaban J connectivity index is 1.51. The van der Waals surface area contributed by atoms with Crippen molar-refractivity contribution in [2.24, 2.45) is 0 Å². The molecule has 0 aliphatic heterocycles. The molecule has 0 atom stereocenters. The number of carbonyl (C=O) groups is 2. The topological polar surface area (TPSA) is 96.1 Å². The van der Waals surface area contributed by atoms with Crippen LogP contribution in [0, 0.1) is 0 Å². The fraction of sp³-hybridized carbons (Fsp3) is 0.136. The first-order chi connectivity index (χ1) is 14.5. The lowest BCUT2D eigenvalue weighted by Crippen LogP contribution is -2.29. The first-order valence-electron chi connectivity index (χ1n) is 9.42. The maximum absolute atomic E-state index is 12.8. The second-order valence-electron chi connectivity index (χ2n) is 6.95. The molecule has 0 spiro atoms. The summed E-state index contributed by atoms with van der Waals surface area (Å²) in [4.78, 5) is 25.5. The van der Waals surface area contributed by atoms with E-state index >= 15 is 0 Å². The summed E-state index contributed by atoms with van der Waals surface area (Å²) in [6.45, 7) is 3.81. The number of aromatic nitrogens is 2. The van der Waals surface area contributed by atoms with E-state index in [9.17, 15) is 9.59 Å². The predicted octanol–water partition coefficient (Wildman–Crippen LogP) is 4.81. The molecule has 4 aromatic rings. The zero-order chi connectivity index (χ0) is 21.1. The van der Waals surface area contributed by atoms with E-state index < -0.39 is 0 Å². The minimum absolute atomic E-state index is 0.0422. The summed E-state index contributed by atoms with van der Waals surface area (Å²) in [6, 6.07) is 18.0. The quantitative estimate of drug-likeness (QED) is 0.417. The van der Waals surface area contributed by atoms with Gasteiger partial charge in [-0.05, 0) is 50.2 Å². The normalized spacial score (nSPS) is 10.9. The van der Waals surface area contributed by atoms with Crippen molar-refractivity contribution < 1.29 is 14.3 Å². The zero-order valence-electron chi connectivity index (χ0n) is 16.4. The molecule has 2 amide bonds. The summed E-state index contributed by atoms with van der Waals surface area (Å²) in [7, 11) is 0. The average Bonchev–Trinajstić information content (AvgIpc) is 3.30. The Morgan fingerprint density at radius 2 is 1.77 bits per heavy atom. The number of nitrogens with zero attached hydrogens (tertiary/aromatic N) is 1. The summed E-state index contributed by atoms with van der Waals surface area (Å²) >= 11 is 1.28. The Kier molecular flexibility index (Phi) is 5.49. The molecule has 0 fully saturated rings. The lowest BCUT2D eigenvalue weighted by Gasteiger charge is -2.07. The monoisotopic (exact) mass is 420 g/mol. The summed E-state index contributed by atoms with van der Waals surface area (Å²) < 4.78 is 6.51. The number of ether oxygens (including phenoxy) is 1. The Labute approximate surface area is 177 Å². The second-order valence-corrected chi connectivity index (χ2v) is 8.00. The number of para-hydroxylation sites is 1. The molecule has 2 aromatic carbocycles. The number of hydrogen-bond donors (Lipinski definition) is 3. The van der Waals surface area contributed by atoms with Crippen molar-refractivity contribution in [1.29, 1.82) is 0 Å². The lowest BCUT2D eigenvalue weighted by atomic mass is 10.2. The smallest absolute Gasteiger partial charge is 0.261 e. The highest BCUT2D eigenvalue weighted by molar-refractivity contribution is 7.21. The van der Waals surface area contributed by atoms with Gasteiger partial charge in [0.25, 0.3) is 11.8 Å². The maximum Gasteiger partial charge on any atom is 0.261 e. The zero-order valence-corrected chi connectivity index (χ0v) is 17.2. The highest BCUT2D eigenvalue weighted by Gasteiger charge is 2.18. The number of fused-ring (bicyclic) bond motifs is 1. The molecule has 4 rings (SSSR count). The van der Waals surface area contributed by atoms with E-state index in [0.717, 1.165) is 0 Å². The third kappa shape index (κ3) is 4.33.